The molecular weight excluding hydrogens is 166 g/mol. The highest BCUT2D eigenvalue weighted by Crippen LogP contribution is 2.16. The van der Waals surface area contributed by atoms with E-state index in [4.69, 9.17) is 12.2 Å². The molecule has 0 fully saturated rings. The normalized spacial score (nSPS) is 21.4. The van der Waals surface area contributed by atoms with Crippen molar-refractivity contribution in [1.82, 2.24) is 5.32 Å². The number of hydrogen-bond acceptors (Lipinski definition) is 1. The zero-order chi connectivity index (χ0) is 8.55. The summed E-state index contributed by atoms with van der Waals surface area (Å²) in [6, 6.07) is 8.81. The molecule has 1 aromatic rings. The van der Waals surface area contributed by atoms with E-state index in [0.29, 0.717) is 6.04 Å². The van der Waals surface area contributed by atoms with Crippen LogP contribution in [0, 0.1) is 0 Å². The second-order valence-corrected chi connectivity index (χ2v) is 3.64. The molecule has 2 rings (SSSR count). The van der Waals surface area contributed by atoms with Gasteiger partial charge in [0, 0.05) is 11.6 Å². The van der Waals surface area contributed by atoms with E-state index in [9.17, 15) is 0 Å². The summed E-state index contributed by atoms with van der Waals surface area (Å²) in [5, 5.41) is 3.27. The number of benzene rings is 1. The fraction of sp³-hybridized carbons (Fsp3) is 0.300. The Morgan fingerprint density at radius 1 is 1.42 bits per heavy atom. The highest BCUT2D eigenvalue weighted by molar-refractivity contribution is 7.80. The summed E-state index contributed by atoms with van der Waals surface area (Å²) in [6.07, 6.45) is 1.08. The van der Waals surface area contributed by atoms with Crippen molar-refractivity contribution in [2.75, 3.05) is 0 Å². The van der Waals surface area contributed by atoms with E-state index in [2.05, 4.69) is 30.4 Å². The molecule has 0 aromatic heterocycles. The smallest absolute Gasteiger partial charge is 0.107 e. The Hall–Kier alpha value is -0.890. The van der Waals surface area contributed by atoms with Gasteiger partial charge in [-0.15, -0.1) is 0 Å². The number of thiocarbonyl (C=S) groups is 1. The van der Waals surface area contributed by atoms with Crippen LogP contribution in [0.25, 0.3) is 0 Å². The van der Waals surface area contributed by atoms with Crippen molar-refractivity contribution in [3.63, 3.8) is 0 Å². The molecule has 0 spiro atoms. The summed E-state index contributed by atoms with van der Waals surface area (Å²) >= 11 is 5.23. The van der Waals surface area contributed by atoms with E-state index in [1.807, 2.05) is 6.07 Å². The summed E-state index contributed by atoms with van der Waals surface area (Å²) in [7, 11) is 0. The Balaban J connectivity index is 2.47. The van der Waals surface area contributed by atoms with Gasteiger partial charge in [0.1, 0.15) is 4.99 Å². The summed E-state index contributed by atoms with van der Waals surface area (Å²) in [5.74, 6) is 0. The topological polar surface area (TPSA) is 12.0 Å². The molecule has 12 heavy (non-hydrogen) atoms. The summed E-state index contributed by atoms with van der Waals surface area (Å²) < 4.78 is 0. The molecule has 0 saturated heterocycles. The first-order valence-corrected chi connectivity index (χ1v) is 4.57. The summed E-state index contributed by atoms with van der Waals surface area (Å²) in [6.45, 7) is 2.15. The second kappa shape index (κ2) is 2.87. The first kappa shape index (κ1) is 7.74. The van der Waals surface area contributed by atoms with Crippen LogP contribution in [0.15, 0.2) is 24.3 Å². The van der Waals surface area contributed by atoms with Crippen molar-refractivity contribution in [2.24, 2.45) is 0 Å². The largest absolute Gasteiger partial charge is 0.373 e. The third kappa shape index (κ3) is 1.23. The van der Waals surface area contributed by atoms with Gasteiger partial charge < -0.3 is 5.32 Å². The molecule has 1 aliphatic heterocycles. The fourth-order valence-corrected chi connectivity index (χ4v) is 2.00. The van der Waals surface area contributed by atoms with E-state index >= 15 is 0 Å². The van der Waals surface area contributed by atoms with Crippen molar-refractivity contribution >= 4 is 17.2 Å². The number of fused-ring (bicyclic) bond motifs is 1. The molecule has 0 unspecified atom stereocenters. The predicted molar refractivity (Wildman–Crippen MR) is 54.4 cm³/mol. The molecule has 0 amide bonds. The average molecular weight is 177 g/mol. The molecule has 2 heteroatoms. The molecule has 62 valence electrons. The van der Waals surface area contributed by atoms with Crippen LogP contribution in [0.3, 0.4) is 0 Å². The minimum absolute atomic E-state index is 0.479. The highest BCUT2D eigenvalue weighted by Gasteiger charge is 2.16. The molecular formula is C10H11NS. The van der Waals surface area contributed by atoms with Crippen LogP contribution >= 0.6 is 12.2 Å². The third-order valence-corrected chi connectivity index (χ3v) is 2.50. The SMILES string of the molecule is C[C@@H]1Cc2ccccc2C(=S)N1. The lowest BCUT2D eigenvalue weighted by atomic mass is 9.97. The van der Waals surface area contributed by atoms with Crippen molar-refractivity contribution in [1.29, 1.82) is 0 Å². The molecule has 1 aliphatic rings. The van der Waals surface area contributed by atoms with Gasteiger partial charge in [-0.2, -0.15) is 0 Å². The molecule has 1 N–H and O–H groups in total. The number of hydrogen-bond donors (Lipinski definition) is 1. The minimum atomic E-state index is 0.479. The predicted octanol–water partition coefficient (Wildman–Crippen LogP) is 1.90. The van der Waals surface area contributed by atoms with Gasteiger partial charge in [0.05, 0.1) is 0 Å². The summed E-state index contributed by atoms with van der Waals surface area (Å²) in [5.41, 5.74) is 2.57. The first-order valence-electron chi connectivity index (χ1n) is 4.16. The van der Waals surface area contributed by atoms with Crippen LogP contribution in [-0.4, -0.2) is 11.0 Å². The third-order valence-electron chi connectivity index (χ3n) is 2.17. The maximum atomic E-state index is 5.23. The molecule has 0 radical (unpaired) electrons. The van der Waals surface area contributed by atoms with Crippen LogP contribution in [0.2, 0.25) is 0 Å². The van der Waals surface area contributed by atoms with E-state index in [1.54, 1.807) is 0 Å². The van der Waals surface area contributed by atoms with Gasteiger partial charge in [0.2, 0.25) is 0 Å². The molecule has 0 saturated carbocycles. The Labute approximate surface area is 77.8 Å². The van der Waals surface area contributed by atoms with E-state index in [1.165, 1.54) is 11.1 Å². The lowest BCUT2D eigenvalue weighted by molar-refractivity contribution is 0.649. The molecule has 0 aliphatic carbocycles. The van der Waals surface area contributed by atoms with Crippen molar-refractivity contribution in [3.8, 4) is 0 Å². The Bertz CT molecular complexity index is 319. The number of nitrogens with one attached hydrogen (secondary N) is 1. The van der Waals surface area contributed by atoms with Crippen molar-refractivity contribution in [3.05, 3.63) is 35.4 Å². The van der Waals surface area contributed by atoms with Gasteiger partial charge in [0.25, 0.3) is 0 Å². The molecule has 1 aromatic carbocycles. The molecule has 0 bridgehead atoms. The molecule has 1 atom stereocenters. The van der Waals surface area contributed by atoms with E-state index in [-0.39, 0.29) is 0 Å². The van der Waals surface area contributed by atoms with Gasteiger partial charge in [-0.05, 0) is 18.9 Å². The van der Waals surface area contributed by atoms with Crippen molar-refractivity contribution < 1.29 is 0 Å². The van der Waals surface area contributed by atoms with Crippen molar-refractivity contribution in [2.45, 2.75) is 19.4 Å². The van der Waals surface area contributed by atoms with Crippen LogP contribution in [0.4, 0.5) is 0 Å². The lowest BCUT2D eigenvalue weighted by Crippen LogP contribution is -2.38. The highest BCUT2D eigenvalue weighted by atomic mass is 32.1. The zero-order valence-electron chi connectivity index (χ0n) is 7.00. The van der Waals surface area contributed by atoms with Gasteiger partial charge in [0.15, 0.2) is 0 Å². The van der Waals surface area contributed by atoms with Crippen LogP contribution in [-0.2, 0) is 6.42 Å². The van der Waals surface area contributed by atoms with Gasteiger partial charge in [-0.3, -0.25) is 0 Å². The van der Waals surface area contributed by atoms with E-state index < -0.39 is 0 Å². The van der Waals surface area contributed by atoms with Crippen LogP contribution in [0.1, 0.15) is 18.1 Å². The number of rotatable bonds is 0. The molecule has 1 heterocycles. The maximum Gasteiger partial charge on any atom is 0.107 e. The second-order valence-electron chi connectivity index (χ2n) is 3.24. The average Bonchev–Trinajstić information content (AvgIpc) is 2.04. The maximum absolute atomic E-state index is 5.23. The lowest BCUT2D eigenvalue weighted by Gasteiger charge is -2.24. The first-order chi connectivity index (χ1) is 5.77. The zero-order valence-corrected chi connectivity index (χ0v) is 7.82. The summed E-state index contributed by atoms with van der Waals surface area (Å²) in [4.78, 5) is 0.893. The molecule has 1 nitrogen and oxygen atoms in total. The van der Waals surface area contributed by atoms with Crippen LogP contribution in [0.5, 0.6) is 0 Å². The van der Waals surface area contributed by atoms with Gasteiger partial charge >= 0.3 is 0 Å². The van der Waals surface area contributed by atoms with Gasteiger partial charge in [-0.1, -0.05) is 36.5 Å². The Kier molecular flexibility index (Phi) is 1.85. The van der Waals surface area contributed by atoms with E-state index in [0.717, 1.165) is 11.4 Å². The quantitative estimate of drug-likeness (QED) is 0.607. The van der Waals surface area contributed by atoms with Crippen LogP contribution < -0.4 is 5.32 Å². The Morgan fingerprint density at radius 3 is 3.00 bits per heavy atom. The minimum Gasteiger partial charge on any atom is -0.373 e. The fourth-order valence-electron chi connectivity index (χ4n) is 1.60. The monoisotopic (exact) mass is 177 g/mol. The Morgan fingerprint density at radius 2 is 2.17 bits per heavy atom. The van der Waals surface area contributed by atoms with Gasteiger partial charge in [-0.25, -0.2) is 0 Å². The standard InChI is InChI=1S/C10H11NS/c1-7-6-8-4-2-3-5-9(8)10(12)11-7/h2-5,7H,6H2,1H3,(H,11,12)/t7-/m1/s1.